The minimum atomic E-state index is -0.185. The Hall–Kier alpha value is -1.81. The molecule has 0 N–H and O–H groups in total. The maximum atomic E-state index is 12.8. The lowest BCUT2D eigenvalue weighted by Crippen LogP contribution is -2.39. The molecule has 0 radical (unpaired) electrons. The van der Waals surface area contributed by atoms with Crippen LogP contribution in [0.4, 0.5) is 0 Å². The molecule has 2 aliphatic heterocycles. The third-order valence-electron chi connectivity index (χ3n) is 5.44. The Labute approximate surface area is 138 Å². The third kappa shape index (κ3) is 2.88. The summed E-state index contributed by atoms with van der Waals surface area (Å²) in [6.45, 7) is 10.3. The average Bonchev–Trinajstić information content (AvgIpc) is 3.03. The smallest absolute Gasteiger partial charge is 0.230 e. The van der Waals surface area contributed by atoms with Gasteiger partial charge in [-0.3, -0.25) is 9.69 Å². The highest BCUT2D eigenvalue weighted by atomic mass is 16.5. The highest BCUT2D eigenvalue weighted by Crippen LogP contribution is 2.45. The van der Waals surface area contributed by atoms with Crippen molar-refractivity contribution in [3.63, 3.8) is 0 Å². The van der Waals surface area contributed by atoms with Crippen LogP contribution in [0.3, 0.4) is 0 Å². The van der Waals surface area contributed by atoms with Crippen LogP contribution >= 0.6 is 0 Å². The van der Waals surface area contributed by atoms with E-state index in [2.05, 4.69) is 30.5 Å². The molecular weight excluding hydrogens is 288 g/mol. The molecule has 2 aliphatic rings. The van der Waals surface area contributed by atoms with Gasteiger partial charge in [0.15, 0.2) is 0 Å². The number of likely N-dealkylation sites (tertiary alicyclic amines) is 2. The number of hydrogen-bond donors (Lipinski definition) is 0. The number of carbonyl (C=O) groups is 1. The minimum absolute atomic E-state index is 0.185. The molecule has 23 heavy (non-hydrogen) atoms. The van der Waals surface area contributed by atoms with Crippen molar-refractivity contribution in [1.82, 2.24) is 9.80 Å². The van der Waals surface area contributed by atoms with E-state index in [4.69, 9.17) is 4.74 Å². The maximum absolute atomic E-state index is 12.8. The van der Waals surface area contributed by atoms with E-state index in [1.165, 1.54) is 5.56 Å². The molecule has 2 fully saturated rings. The van der Waals surface area contributed by atoms with Crippen LogP contribution in [0.1, 0.15) is 18.9 Å². The Morgan fingerprint density at radius 3 is 2.78 bits per heavy atom. The predicted octanol–water partition coefficient (Wildman–Crippen LogP) is 2.55. The Morgan fingerprint density at radius 1 is 1.39 bits per heavy atom. The van der Waals surface area contributed by atoms with E-state index >= 15 is 0 Å². The van der Waals surface area contributed by atoms with Gasteiger partial charge in [0.1, 0.15) is 5.75 Å². The van der Waals surface area contributed by atoms with Gasteiger partial charge in [0.2, 0.25) is 5.91 Å². The summed E-state index contributed by atoms with van der Waals surface area (Å²) < 4.78 is 5.21. The van der Waals surface area contributed by atoms with Crippen molar-refractivity contribution in [1.29, 1.82) is 0 Å². The van der Waals surface area contributed by atoms with Crippen molar-refractivity contribution in [3.05, 3.63) is 42.5 Å². The number of nitrogens with zero attached hydrogens (tertiary/aromatic N) is 2. The summed E-state index contributed by atoms with van der Waals surface area (Å²) in [5.74, 6) is 1.61. The number of ether oxygens (including phenoxy) is 1. The van der Waals surface area contributed by atoms with E-state index in [0.717, 1.165) is 38.3 Å². The SMILES string of the molecule is C=CCN1CC[C@]2(CN(Cc3ccc(OC)cc3)C[C@H]2C)C1=O. The fourth-order valence-electron chi connectivity index (χ4n) is 4.08. The second-order valence-corrected chi connectivity index (χ2v) is 6.86. The molecule has 0 aliphatic carbocycles. The van der Waals surface area contributed by atoms with Gasteiger partial charge in [-0.05, 0) is 30.0 Å². The van der Waals surface area contributed by atoms with Gasteiger partial charge < -0.3 is 9.64 Å². The van der Waals surface area contributed by atoms with E-state index < -0.39 is 0 Å². The predicted molar refractivity (Wildman–Crippen MR) is 91.3 cm³/mol. The zero-order valence-electron chi connectivity index (χ0n) is 14.1. The number of amides is 1. The lowest BCUT2D eigenvalue weighted by Gasteiger charge is -2.26. The summed E-state index contributed by atoms with van der Waals surface area (Å²) >= 11 is 0. The molecular formula is C19H26N2O2. The van der Waals surface area contributed by atoms with E-state index in [1.54, 1.807) is 7.11 Å². The van der Waals surface area contributed by atoms with E-state index in [1.807, 2.05) is 23.1 Å². The van der Waals surface area contributed by atoms with Gasteiger partial charge in [0, 0.05) is 32.7 Å². The van der Waals surface area contributed by atoms with Gasteiger partial charge in [-0.15, -0.1) is 6.58 Å². The molecule has 0 bridgehead atoms. The minimum Gasteiger partial charge on any atom is -0.497 e. The summed E-state index contributed by atoms with van der Waals surface area (Å²) in [5.41, 5.74) is 1.08. The molecule has 1 aromatic rings. The molecule has 0 saturated carbocycles. The number of hydrogen-bond acceptors (Lipinski definition) is 3. The second kappa shape index (κ2) is 6.36. The molecule has 4 nitrogen and oxygen atoms in total. The van der Waals surface area contributed by atoms with Crippen LogP contribution in [0.25, 0.3) is 0 Å². The Balaban J connectivity index is 1.68. The quantitative estimate of drug-likeness (QED) is 0.783. The largest absolute Gasteiger partial charge is 0.497 e. The molecule has 2 atom stereocenters. The topological polar surface area (TPSA) is 32.8 Å². The monoisotopic (exact) mass is 314 g/mol. The van der Waals surface area contributed by atoms with Crippen LogP contribution in [0.5, 0.6) is 5.75 Å². The normalized spacial score (nSPS) is 27.8. The highest BCUT2D eigenvalue weighted by molar-refractivity contribution is 5.86. The van der Waals surface area contributed by atoms with Crippen LogP contribution in [0.2, 0.25) is 0 Å². The van der Waals surface area contributed by atoms with Gasteiger partial charge in [-0.1, -0.05) is 25.1 Å². The maximum Gasteiger partial charge on any atom is 0.230 e. The summed E-state index contributed by atoms with van der Waals surface area (Å²) in [7, 11) is 1.68. The van der Waals surface area contributed by atoms with Crippen molar-refractivity contribution in [2.24, 2.45) is 11.3 Å². The molecule has 124 valence electrons. The molecule has 2 heterocycles. The Morgan fingerprint density at radius 2 is 2.13 bits per heavy atom. The van der Waals surface area contributed by atoms with Crippen LogP contribution in [0.15, 0.2) is 36.9 Å². The lowest BCUT2D eigenvalue weighted by molar-refractivity contribution is -0.136. The van der Waals surface area contributed by atoms with Crippen molar-refractivity contribution in [2.45, 2.75) is 19.9 Å². The first kappa shape index (κ1) is 16.1. The molecule has 1 amide bonds. The first-order chi connectivity index (χ1) is 11.1. The molecule has 4 heteroatoms. The fourth-order valence-corrected chi connectivity index (χ4v) is 4.08. The molecule has 3 rings (SSSR count). The van der Waals surface area contributed by atoms with Crippen molar-refractivity contribution in [3.8, 4) is 5.75 Å². The van der Waals surface area contributed by atoms with Crippen molar-refractivity contribution >= 4 is 5.91 Å². The van der Waals surface area contributed by atoms with Gasteiger partial charge in [0.25, 0.3) is 0 Å². The molecule has 0 aromatic heterocycles. The first-order valence-corrected chi connectivity index (χ1v) is 8.34. The number of rotatable bonds is 5. The Bertz CT molecular complexity index is 584. The zero-order chi connectivity index (χ0) is 16.4. The molecule has 1 aromatic carbocycles. The average molecular weight is 314 g/mol. The second-order valence-electron chi connectivity index (χ2n) is 6.86. The summed E-state index contributed by atoms with van der Waals surface area (Å²) in [6.07, 6.45) is 2.80. The van der Waals surface area contributed by atoms with Gasteiger partial charge in [-0.2, -0.15) is 0 Å². The highest BCUT2D eigenvalue weighted by Gasteiger charge is 2.54. The number of carbonyl (C=O) groups excluding carboxylic acids is 1. The zero-order valence-corrected chi connectivity index (χ0v) is 14.1. The molecule has 1 spiro atoms. The number of benzene rings is 1. The summed E-state index contributed by atoms with van der Waals surface area (Å²) in [6, 6.07) is 8.21. The van der Waals surface area contributed by atoms with Crippen LogP contribution in [-0.2, 0) is 11.3 Å². The lowest BCUT2D eigenvalue weighted by atomic mass is 9.78. The van der Waals surface area contributed by atoms with E-state index in [-0.39, 0.29) is 5.41 Å². The van der Waals surface area contributed by atoms with Crippen LogP contribution < -0.4 is 4.74 Å². The van der Waals surface area contributed by atoms with E-state index in [9.17, 15) is 4.79 Å². The van der Waals surface area contributed by atoms with Gasteiger partial charge in [-0.25, -0.2) is 0 Å². The molecule has 0 unspecified atom stereocenters. The summed E-state index contributed by atoms with van der Waals surface area (Å²) in [4.78, 5) is 17.2. The third-order valence-corrected chi connectivity index (χ3v) is 5.44. The standard InChI is InChI=1S/C19H26N2O2/c1-4-10-21-11-9-19(18(21)22)14-20(12-15(19)2)13-16-5-7-17(23-3)8-6-16/h4-8,15H,1,9-14H2,2-3H3/t15-,19-/m1/s1. The molecule has 2 saturated heterocycles. The fraction of sp³-hybridized carbons (Fsp3) is 0.526. The number of methoxy groups -OCH3 is 1. The van der Waals surface area contributed by atoms with Crippen molar-refractivity contribution in [2.75, 3.05) is 33.3 Å². The van der Waals surface area contributed by atoms with Crippen LogP contribution in [0, 0.1) is 11.3 Å². The van der Waals surface area contributed by atoms with Crippen LogP contribution in [-0.4, -0.2) is 49.0 Å². The summed E-state index contributed by atoms with van der Waals surface area (Å²) in [5, 5.41) is 0. The first-order valence-electron chi connectivity index (χ1n) is 8.34. The van der Waals surface area contributed by atoms with Gasteiger partial charge >= 0.3 is 0 Å². The van der Waals surface area contributed by atoms with E-state index in [0.29, 0.717) is 18.4 Å². The van der Waals surface area contributed by atoms with Crippen molar-refractivity contribution < 1.29 is 9.53 Å². The van der Waals surface area contributed by atoms with Gasteiger partial charge in [0.05, 0.1) is 12.5 Å². The Kier molecular flexibility index (Phi) is 4.44.